The number of hydrogen-bond acceptors (Lipinski definition) is 1. The van der Waals surface area contributed by atoms with E-state index in [0.29, 0.717) is 0 Å². The van der Waals surface area contributed by atoms with E-state index in [-0.39, 0.29) is 0 Å². The standard InChI is InChI=1S/C12H22OSi2/c1-13-11-9-7-8-10-12(11)15(5,6)14(2,3)4/h7-10H,1-6H3. The van der Waals surface area contributed by atoms with Gasteiger partial charge >= 0.3 is 0 Å². The van der Waals surface area contributed by atoms with Gasteiger partial charge in [-0.15, -0.1) is 0 Å². The Bertz CT molecular complexity index is 340. The normalized spacial score (nSPS) is 12.7. The molecule has 0 radical (unpaired) electrons. The van der Waals surface area contributed by atoms with Crippen molar-refractivity contribution in [2.24, 2.45) is 0 Å². The molecule has 0 atom stereocenters. The summed E-state index contributed by atoms with van der Waals surface area (Å²) in [6, 6.07) is 8.53. The first-order chi connectivity index (χ1) is 6.80. The van der Waals surface area contributed by atoms with Crippen molar-refractivity contribution in [2.75, 3.05) is 7.11 Å². The Labute approximate surface area is 95.3 Å². The van der Waals surface area contributed by atoms with E-state index >= 15 is 0 Å². The molecule has 15 heavy (non-hydrogen) atoms. The maximum Gasteiger partial charge on any atom is 0.117 e. The largest absolute Gasteiger partial charge is 0.497 e. The number of hydrogen-bond donors (Lipinski definition) is 0. The van der Waals surface area contributed by atoms with Gasteiger partial charge in [0.25, 0.3) is 0 Å². The zero-order valence-corrected chi connectivity index (χ0v) is 12.7. The van der Waals surface area contributed by atoms with Crippen LogP contribution in [0, 0.1) is 0 Å². The van der Waals surface area contributed by atoms with E-state index in [2.05, 4.69) is 57.0 Å². The van der Waals surface area contributed by atoms with E-state index in [1.165, 1.54) is 5.19 Å². The van der Waals surface area contributed by atoms with Gasteiger partial charge in [0.1, 0.15) is 5.75 Å². The lowest BCUT2D eigenvalue weighted by molar-refractivity contribution is 0.418. The van der Waals surface area contributed by atoms with Gasteiger partial charge in [0.2, 0.25) is 0 Å². The van der Waals surface area contributed by atoms with Crippen molar-refractivity contribution in [3.63, 3.8) is 0 Å². The fourth-order valence-corrected chi connectivity index (χ4v) is 6.73. The molecule has 0 spiro atoms. The highest BCUT2D eigenvalue weighted by Gasteiger charge is 2.39. The minimum absolute atomic E-state index is 1.08. The minimum Gasteiger partial charge on any atom is -0.497 e. The maximum absolute atomic E-state index is 5.48. The molecule has 0 bridgehead atoms. The molecule has 0 aromatic heterocycles. The fraction of sp³-hybridized carbons (Fsp3) is 0.500. The van der Waals surface area contributed by atoms with Crippen LogP contribution in [0.2, 0.25) is 32.7 Å². The molecule has 0 N–H and O–H groups in total. The second kappa shape index (κ2) is 4.14. The molecule has 1 aromatic carbocycles. The number of methoxy groups -OCH3 is 1. The second-order valence-electron chi connectivity index (χ2n) is 5.58. The summed E-state index contributed by atoms with van der Waals surface area (Å²) in [6.45, 7) is 12.3. The molecule has 1 nitrogen and oxygen atoms in total. The van der Waals surface area contributed by atoms with Crippen molar-refractivity contribution in [3.8, 4) is 5.75 Å². The summed E-state index contributed by atoms with van der Waals surface area (Å²) in [5.41, 5.74) is 0. The average molecular weight is 238 g/mol. The fourth-order valence-electron chi connectivity index (χ4n) is 1.56. The molecule has 0 aliphatic carbocycles. The van der Waals surface area contributed by atoms with Crippen molar-refractivity contribution >= 4 is 20.4 Å². The summed E-state index contributed by atoms with van der Waals surface area (Å²) in [5, 5.41) is 1.48. The number of ether oxygens (including phenoxy) is 1. The van der Waals surface area contributed by atoms with Crippen LogP contribution in [0.4, 0.5) is 0 Å². The first-order valence-electron chi connectivity index (χ1n) is 5.44. The van der Waals surface area contributed by atoms with E-state index in [4.69, 9.17) is 4.74 Å². The van der Waals surface area contributed by atoms with Gasteiger partial charge in [0, 0.05) is 7.59 Å². The molecule has 3 heteroatoms. The van der Waals surface area contributed by atoms with Gasteiger partial charge in [0.05, 0.1) is 14.7 Å². The van der Waals surface area contributed by atoms with E-state index in [1.807, 2.05) is 0 Å². The molecule has 1 rings (SSSR count). The third-order valence-electron chi connectivity index (χ3n) is 3.66. The first kappa shape index (κ1) is 12.5. The van der Waals surface area contributed by atoms with Crippen LogP contribution in [0.15, 0.2) is 24.3 Å². The SMILES string of the molecule is COc1ccccc1[Si](C)(C)[Si](C)(C)C. The van der Waals surface area contributed by atoms with E-state index < -0.39 is 15.2 Å². The highest BCUT2D eigenvalue weighted by molar-refractivity contribution is 7.45. The minimum atomic E-state index is -1.33. The van der Waals surface area contributed by atoms with E-state index in [0.717, 1.165) is 5.75 Å². The molecule has 0 amide bonds. The Morgan fingerprint density at radius 2 is 1.47 bits per heavy atom. The molecule has 1 aromatic rings. The topological polar surface area (TPSA) is 9.23 Å². The van der Waals surface area contributed by atoms with Crippen LogP contribution in [-0.4, -0.2) is 22.3 Å². The van der Waals surface area contributed by atoms with Gasteiger partial charge in [-0.05, 0) is 11.3 Å². The monoisotopic (exact) mass is 238 g/mol. The molecule has 0 aliphatic rings. The molecule has 0 unspecified atom stereocenters. The van der Waals surface area contributed by atoms with Gasteiger partial charge in [-0.2, -0.15) is 0 Å². The van der Waals surface area contributed by atoms with Crippen LogP contribution in [0.25, 0.3) is 0 Å². The van der Waals surface area contributed by atoms with Crippen LogP contribution >= 0.6 is 0 Å². The molecular weight excluding hydrogens is 216 g/mol. The number of rotatable bonds is 3. The van der Waals surface area contributed by atoms with Crippen LogP contribution in [0.5, 0.6) is 5.75 Å². The predicted molar refractivity (Wildman–Crippen MR) is 73.5 cm³/mol. The van der Waals surface area contributed by atoms with Crippen molar-refractivity contribution < 1.29 is 4.74 Å². The van der Waals surface area contributed by atoms with Crippen LogP contribution < -0.4 is 9.92 Å². The molecular formula is C12H22OSi2. The molecule has 0 saturated heterocycles. The van der Waals surface area contributed by atoms with Crippen molar-refractivity contribution in [1.82, 2.24) is 0 Å². The smallest absolute Gasteiger partial charge is 0.117 e. The molecule has 0 saturated carbocycles. The van der Waals surface area contributed by atoms with Crippen molar-refractivity contribution in [1.29, 1.82) is 0 Å². The lowest BCUT2D eigenvalue weighted by atomic mass is 10.3. The summed E-state index contributed by atoms with van der Waals surface area (Å²) in [4.78, 5) is 0. The van der Waals surface area contributed by atoms with Gasteiger partial charge in [-0.25, -0.2) is 0 Å². The Morgan fingerprint density at radius 1 is 0.933 bits per heavy atom. The van der Waals surface area contributed by atoms with Crippen LogP contribution in [0.3, 0.4) is 0 Å². The Morgan fingerprint density at radius 3 is 1.93 bits per heavy atom. The van der Waals surface area contributed by atoms with Gasteiger partial charge < -0.3 is 4.74 Å². The molecule has 0 heterocycles. The lowest BCUT2D eigenvalue weighted by Gasteiger charge is -2.36. The van der Waals surface area contributed by atoms with Gasteiger partial charge in [-0.1, -0.05) is 50.9 Å². The van der Waals surface area contributed by atoms with Gasteiger partial charge in [0.15, 0.2) is 0 Å². The lowest BCUT2D eigenvalue weighted by Crippen LogP contribution is -2.61. The summed E-state index contributed by atoms with van der Waals surface area (Å²) in [5.74, 6) is 1.08. The Balaban J connectivity index is 3.26. The van der Waals surface area contributed by atoms with E-state index in [1.54, 1.807) is 7.11 Å². The average Bonchev–Trinajstić information content (AvgIpc) is 2.16. The summed E-state index contributed by atoms with van der Waals surface area (Å²) in [6.07, 6.45) is 0. The quantitative estimate of drug-likeness (QED) is 0.736. The zero-order chi connectivity index (χ0) is 11.7. The summed E-state index contributed by atoms with van der Waals surface area (Å²) >= 11 is 0. The zero-order valence-electron chi connectivity index (χ0n) is 10.7. The van der Waals surface area contributed by atoms with Crippen molar-refractivity contribution in [3.05, 3.63) is 24.3 Å². The third kappa shape index (κ3) is 2.34. The van der Waals surface area contributed by atoms with E-state index in [9.17, 15) is 0 Å². The number of benzene rings is 1. The highest BCUT2D eigenvalue weighted by Crippen LogP contribution is 2.22. The highest BCUT2D eigenvalue weighted by atomic mass is 29.3. The summed E-state index contributed by atoms with van der Waals surface area (Å²) in [7, 11) is -0.676. The molecule has 0 aliphatic heterocycles. The van der Waals surface area contributed by atoms with Gasteiger partial charge in [-0.3, -0.25) is 0 Å². The molecule has 84 valence electrons. The molecule has 0 fully saturated rings. The Kier molecular flexibility index (Phi) is 3.46. The first-order valence-corrected chi connectivity index (χ1v) is 12.9. The van der Waals surface area contributed by atoms with Crippen LogP contribution in [0.1, 0.15) is 0 Å². The number of para-hydroxylation sites is 1. The summed E-state index contributed by atoms with van der Waals surface area (Å²) < 4.78 is 5.48. The third-order valence-corrected chi connectivity index (χ3v) is 21.2. The second-order valence-corrected chi connectivity index (χ2v) is 22.1. The maximum atomic E-state index is 5.48. The van der Waals surface area contributed by atoms with Crippen molar-refractivity contribution in [2.45, 2.75) is 32.7 Å². The Hall–Kier alpha value is -0.546. The predicted octanol–water partition coefficient (Wildman–Crippen LogP) is 3.03. The van der Waals surface area contributed by atoms with Crippen LogP contribution in [-0.2, 0) is 0 Å².